The molecule has 4 aliphatic heterocycles. The number of H-pyrrole nitrogens is 4. The lowest BCUT2D eigenvalue weighted by atomic mass is 10.1. The van der Waals surface area contributed by atoms with E-state index in [1.165, 1.54) is 51.7 Å². The molecule has 0 aliphatic carbocycles. The van der Waals surface area contributed by atoms with Crippen molar-refractivity contribution in [1.82, 2.24) is 98.8 Å². The third-order valence-electron chi connectivity index (χ3n) is 20.5. The van der Waals surface area contributed by atoms with Crippen molar-refractivity contribution >= 4 is 175 Å². The van der Waals surface area contributed by atoms with Gasteiger partial charge in [-0.2, -0.15) is 35.1 Å². The van der Waals surface area contributed by atoms with Gasteiger partial charge in [-0.05, 0) is 85.6 Å². The maximum atomic E-state index is 16.6. The molecule has 4 aliphatic rings. The van der Waals surface area contributed by atoms with Crippen LogP contribution in [0.4, 0.5) is 32.3 Å². The molecule has 11 aromatic heterocycles. The Kier molecular flexibility index (Phi) is 47.0. The minimum atomic E-state index is -3.85. The first-order valence-corrected chi connectivity index (χ1v) is 52.4. The average molecular weight is 2200 g/mol. The minimum absolute atomic E-state index is 0.000434. The number of ether oxygens (including phenoxy) is 4. The molecule has 17 rings (SSSR count). The summed E-state index contributed by atoms with van der Waals surface area (Å²) < 4.78 is 116. The average Bonchev–Trinajstić information content (AvgIpc) is 1.61. The highest BCUT2D eigenvalue weighted by Crippen LogP contribution is 2.56. The lowest BCUT2D eigenvalue weighted by Gasteiger charge is -2.28. The molecule has 0 bridgehead atoms. The predicted octanol–water partition coefficient (Wildman–Crippen LogP) is 8.62. The van der Waals surface area contributed by atoms with Crippen molar-refractivity contribution in [2.45, 2.75) is 173 Å². The third-order valence-corrected chi connectivity index (χ3v) is 26.6. The molecule has 13 aromatic rings. The zero-order valence-corrected chi connectivity index (χ0v) is 86.9. The Morgan fingerprint density at radius 1 is 0.628 bits per heavy atom. The van der Waals surface area contributed by atoms with Gasteiger partial charge in [0.15, 0.2) is 122 Å². The van der Waals surface area contributed by atoms with Crippen LogP contribution in [-0.4, -0.2) is 247 Å². The maximum Gasteiger partial charge on any atom is 0.333 e. The number of benzene rings is 2. The second-order valence-electron chi connectivity index (χ2n) is 31.8. The number of alkyl halides is 2. The van der Waals surface area contributed by atoms with Crippen LogP contribution in [0.2, 0.25) is 0 Å². The normalized spacial score (nSPS) is 20.6. The summed E-state index contributed by atoms with van der Waals surface area (Å²) in [6.07, 6.45) is -1.73. The highest BCUT2D eigenvalue weighted by Gasteiger charge is 2.52. The zero-order chi connectivity index (χ0) is 107. The minimum Gasteiger partial charge on any atom is -0.772 e. The fourth-order valence-electron chi connectivity index (χ4n) is 13.7. The number of rotatable bonds is 33. The van der Waals surface area contributed by atoms with E-state index >= 15 is 8.78 Å². The van der Waals surface area contributed by atoms with Crippen LogP contribution < -0.4 is 52.1 Å². The van der Waals surface area contributed by atoms with Gasteiger partial charge in [0.2, 0.25) is 23.7 Å². The highest BCUT2D eigenvalue weighted by atomic mass is 32.9. The van der Waals surface area contributed by atoms with Gasteiger partial charge in [0.05, 0.1) is 125 Å². The van der Waals surface area contributed by atoms with Crippen molar-refractivity contribution in [2.75, 3.05) is 68.5 Å². The van der Waals surface area contributed by atoms with Gasteiger partial charge in [0, 0.05) is 67.0 Å². The molecule has 148 heavy (non-hydrogen) atoms. The summed E-state index contributed by atoms with van der Waals surface area (Å²) >= 11 is 10.6. The monoisotopic (exact) mass is 2190 g/mol. The second-order valence-corrected chi connectivity index (χ2v) is 39.0. The molecule has 0 spiro atoms. The number of halogens is 2. The molecule has 10 N–H and O–H groups in total. The molecular weight excluding hydrogens is 2100 g/mol. The Morgan fingerprint density at radius 2 is 1.07 bits per heavy atom. The Hall–Kier alpha value is -12.8. The Bertz CT molecular complexity index is 6810. The molecular formula is C86H100F2N30O22P4S4. The SMILES string of the molecule is CC#N.CC[C@H]1O[C@@H](n2nnc3c(NC(=O)c4ccccc4)ncnc32)[C@@H](F)[C@@H]1OP(=S)(OCCC#N)OC[C@@H]1C[C@H](O)[C@H](n2cnc3c(=O)[nH]c(NC(=O)C(C)C)nc32)O1.CC[C@H]1O[C@@H](n2nnc3c(NC(=O)c4ccccc4)ncnc32)[C@@H](F)[C@@H]1OP(OCCC#N)OC[C@@H]1C[C@H](O)[C@H](n2cnc3c(=O)[nH]c(NC(=O)C(C)C)nc32)O1.CN(C)CN=Cc1nc(=S)ss1.O=P[O-].O=P[O-].c1cc[nH+]cc1.c1cc[nH+]cc1. The van der Waals surface area contributed by atoms with Gasteiger partial charge < -0.3 is 72.2 Å². The van der Waals surface area contributed by atoms with Crippen molar-refractivity contribution in [1.29, 1.82) is 15.8 Å². The summed E-state index contributed by atoms with van der Waals surface area (Å²) in [7, 11) is 2.54. The van der Waals surface area contributed by atoms with Crippen molar-refractivity contribution in [2.24, 2.45) is 16.8 Å². The smallest absolute Gasteiger partial charge is 0.333 e. The van der Waals surface area contributed by atoms with Crippen LogP contribution in [0, 0.1) is 49.8 Å². The van der Waals surface area contributed by atoms with Gasteiger partial charge in [0.25, 0.3) is 22.9 Å². The van der Waals surface area contributed by atoms with Crippen LogP contribution >= 0.6 is 65.6 Å². The number of nitriles is 3. The number of aliphatic hydroxyl groups is 2. The Morgan fingerprint density at radius 3 is 1.48 bits per heavy atom. The summed E-state index contributed by atoms with van der Waals surface area (Å²) in [5.74, 6) is -2.44. The van der Waals surface area contributed by atoms with Crippen LogP contribution in [0.3, 0.4) is 0 Å². The number of hydrogen-bond donors (Lipinski definition) is 8. The van der Waals surface area contributed by atoms with E-state index < -0.39 is 142 Å². The van der Waals surface area contributed by atoms with E-state index in [1.807, 2.05) is 92.3 Å². The van der Waals surface area contributed by atoms with Gasteiger partial charge in [0.1, 0.15) is 42.1 Å². The Labute approximate surface area is 862 Å². The van der Waals surface area contributed by atoms with E-state index in [0.717, 1.165) is 14.4 Å². The molecule has 4 amide bonds. The topological polar surface area (TPSA) is 698 Å². The third kappa shape index (κ3) is 33.1. The summed E-state index contributed by atoms with van der Waals surface area (Å²) in [4.78, 5) is 147. The fourth-order valence-corrected chi connectivity index (χ4v) is 18.9. The first-order chi connectivity index (χ1) is 71.4. The number of fused-ring (bicyclic) bond motifs is 4. The first kappa shape index (κ1) is 117. The molecule has 16 atom stereocenters. The van der Waals surface area contributed by atoms with Crippen molar-refractivity contribution in [3.8, 4) is 18.2 Å². The van der Waals surface area contributed by atoms with Gasteiger partial charge in [-0.3, -0.25) is 82.0 Å². The van der Waals surface area contributed by atoms with Crippen molar-refractivity contribution in [3.63, 3.8) is 0 Å². The number of nitrogens with zero attached hydrogens (tertiary/aromatic N) is 22. The number of hydrogen-bond acceptors (Lipinski definition) is 44. The van der Waals surface area contributed by atoms with Gasteiger partial charge in [-0.25, -0.2) is 53.6 Å². The molecule has 0 radical (unpaired) electrons. The first-order valence-electron chi connectivity index (χ1n) is 44.7. The number of aromatic amines is 4. The van der Waals surface area contributed by atoms with E-state index in [0.29, 0.717) is 28.2 Å². The molecule has 784 valence electrons. The standard InChI is InChI=1S/C34H38FN12O9PS.C34H38FN12O9P.C6H9N3S3.2C5H5N.C2H3N.2HO2P/c1-4-21-25(22(35)33(55-21)47-27-23(44-45-47)26(37-15-38-27)40-30(50)18-9-6-5-7-10-18)56-57(58,52-12-8-11-36)53-14-19-13-20(48)32(54-19)46-16-39-24-28(46)41-34(43-31(24)51)42-29(49)17(2)3;1-4-21-25(22(35)33(55-21)47-27-23(44-45-47)26(37-15-38-27)40-30(50)18-9-6-5-7-10-18)56-57(52-12-8-11-36)53-14-19-13-20(48)32(54-19)46-16-39-24-28(46)41-34(43-31(24)51)42-29(49)17(2)3;1-9(2)4-7-3-5-8-6(10)12-11-5;2*1-2-4-6-5-3-1;1-2-3;2*1-3-2/h5-7,9-10,15-17,19-22,25,32-33,48H,4,8,12-14H2,1-3H3,(H,37,38,40,50)(H2,41,42,43,49,51);5-7,9-10,15-17,19-22,25,32-33,48H,4,8,12-14H2,1-3H3,(H,37,38,40,50)(H2,41,42,43,49,51);3H,4H2,1-2H3;2*1-5H;1H3;2*(H,1,2)/t2*19-,20-,21+,22-,25+,32+,33+,57?;;;;;;/m00....../s1. The number of imidazole rings is 2. The quantitative estimate of drug-likeness (QED) is 0.00627. The lowest BCUT2D eigenvalue weighted by Crippen LogP contribution is -2.32. The Balaban J connectivity index is 0.000000231. The predicted molar refractivity (Wildman–Crippen MR) is 530 cm³/mol. The number of amides is 4. The summed E-state index contributed by atoms with van der Waals surface area (Å²) in [5, 5.41) is 75.4. The van der Waals surface area contributed by atoms with E-state index in [2.05, 4.69) is 112 Å². The van der Waals surface area contributed by atoms with Gasteiger partial charge >= 0.3 is 15.3 Å². The van der Waals surface area contributed by atoms with Crippen LogP contribution in [0.5, 0.6) is 0 Å². The van der Waals surface area contributed by atoms with Crippen LogP contribution in [0.1, 0.15) is 138 Å². The lowest BCUT2D eigenvalue weighted by molar-refractivity contribution is -0.378. The largest absolute Gasteiger partial charge is 0.772 e. The van der Waals surface area contributed by atoms with Crippen LogP contribution in [0.15, 0.2) is 162 Å². The summed E-state index contributed by atoms with van der Waals surface area (Å²) in [6.45, 7) is 7.83. The fraction of sp³-hybridized carbons (Fsp3) is 0.419. The second kappa shape index (κ2) is 59.4. The highest BCUT2D eigenvalue weighted by molar-refractivity contribution is 8.07. The number of nitrogens with one attached hydrogen (secondary N) is 8. The number of pyridine rings is 2. The number of anilines is 4. The molecule has 52 nitrogen and oxygen atoms in total. The van der Waals surface area contributed by atoms with Crippen LogP contribution in [-0.2, 0) is 76.6 Å². The van der Waals surface area contributed by atoms with E-state index in [1.54, 1.807) is 125 Å². The zero-order valence-electron chi connectivity index (χ0n) is 80.0. The number of carbonyl (C=O) groups excluding carboxylic acids is 4. The van der Waals surface area contributed by atoms with E-state index in [-0.39, 0.29) is 150 Å². The molecule has 62 heteroatoms. The number of carbonyl (C=O) groups is 4. The molecule has 4 fully saturated rings. The van der Waals surface area contributed by atoms with E-state index in [4.69, 9.17) is 99.6 Å². The number of aliphatic imine (C=N–C) groups is 1. The maximum absolute atomic E-state index is 16.6. The molecule has 4 saturated heterocycles. The number of aliphatic hydroxyl groups excluding tert-OH is 2. The molecule has 2 unspecified atom stereocenters. The molecule has 15 heterocycles. The summed E-state index contributed by atoms with van der Waals surface area (Å²) in [5.41, 5.74) is 0.00785. The van der Waals surface area contributed by atoms with Crippen molar-refractivity contribution in [3.05, 3.63) is 188 Å². The van der Waals surface area contributed by atoms with Gasteiger partial charge in [-0.1, -0.05) is 111 Å². The van der Waals surface area contributed by atoms with E-state index in [9.17, 15) is 44.2 Å². The van der Waals surface area contributed by atoms with Gasteiger partial charge in [-0.15, -0.1) is 10.2 Å². The molecule has 0 saturated carbocycles. The molecule has 2 aromatic carbocycles. The van der Waals surface area contributed by atoms with Crippen LogP contribution in [0.25, 0.3) is 44.7 Å². The van der Waals surface area contributed by atoms with Crippen molar-refractivity contribution < 1.29 is 113 Å². The number of aromatic nitrogens is 21. The summed E-state index contributed by atoms with van der Waals surface area (Å²) in [6, 6.07) is 34.3.